The van der Waals surface area contributed by atoms with Crippen LogP contribution < -0.4 is 9.31 Å². The Kier molecular flexibility index (Phi) is 6.81. The van der Waals surface area contributed by atoms with E-state index in [1.165, 1.54) is 11.0 Å². The normalized spacial score (nSPS) is 16.6. The Bertz CT molecular complexity index is 2580. The van der Waals surface area contributed by atoms with Crippen molar-refractivity contribution in [2.75, 3.05) is 0 Å². The van der Waals surface area contributed by atoms with Gasteiger partial charge in [0.25, 0.3) is 0 Å². The summed E-state index contributed by atoms with van der Waals surface area (Å²) in [5.74, 6) is 1.24. The first kappa shape index (κ1) is 28.9. The van der Waals surface area contributed by atoms with E-state index < -0.39 is 13.4 Å². The molecule has 0 spiro atoms. The minimum absolute atomic E-state index is 0.228. The van der Waals surface area contributed by atoms with Crippen LogP contribution in [-0.4, -0.2) is 7.32 Å². The van der Waals surface area contributed by atoms with Gasteiger partial charge in [0, 0.05) is 16.9 Å². The Balaban J connectivity index is 1.36. The summed E-state index contributed by atoms with van der Waals surface area (Å²) >= 11 is 0. The number of para-hydroxylation sites is 1. The Labute approximate surface area is 291 Å². The SMILES string of the molecule is C1=C(c2ccccc2)C2c3c(-c4ccccc4)cc4ccc5ccccc5c4c3OB(Oc3ccccc3)O[C@H]2c2c1ccc1ccccc21. The van der Waals surface area contributed by atoms with Crippen molar-refractivity contribution in [3.8, 4) is 22.6 Å². The van der Waals surface area contributed by atoms with Gasteiger partial charge in [-0.3, -0.25) is 0 Å². The number of fused-ring (bicyclic) bond motifs is 11. The summed E-state index contributed by atoms with van der Waals surface area (Å²) in [6.07, 6.45) is 1.94. The Morgan fingerprint density at radius 3 is 1.88 bits per heavy atom. The fourth-order valence-corrected chi connectivity index (χ4v) is 8.04. The molecule has 0 N–H and O–H groups in total. The van der Waals surface area contributed by atoms with E-state index in [2.05, 4.69) is 146 Å². The van der Waals surface area contributed by atoms with Crippen molar-refractivity contribution in [2.24, 2.45) is 0 Å². The van der Waals surface area contributed by atoms with Crippen molar-refractivity contribution in [1.29, 1.82) is 0 Å². The quantitative estimate of drug-likeness (QED) is 0.141. The summed E-state index contributed by atoms with van der Waals surface area (Å²) < 4.78 is 21.1. The van der Waals surface area contributed by atoms with Gasteiger partial charge in [0.15, 0.2) is 0 Å². The first-order chi connectivity index (χ1) is 24.8. The van der Waals surface area contributed by atoms with Gasteiger partial charge in [-0.1, -0.05) is 158 Å². The molecular weight excluding hydrogens is 611 g/mol. The second-order valence-electron chi connectivity index (χ2n) is 13.0. The molecule has 8 aromatic carbocycles. The average Bonchev–Trinajstić information content (AvgIpc) is 3.35. The average molecular weight is 643 g/mol. The van der Waals surface area contributed by atoms with E-state index >= 15 is 0 Å². The highest BCUT2D eigenvalue weighted by atomic mass is 16.7. The largest absolute Gasteiger partial charge is 0.788 e. The highest BCUT2D eigenvalue weighted by Crippen LogP contribution is 2.58. The van der Waals surface area contributed by atoms with Crippen molar-refractivity contribution in [2.45, 2.75) is 12.0 Å². The fraction of sp³-hybridized carbons (Fsp3) is 0.0435. The van der Waals surface area contributed by atoms with Gasteiger partial charge in [-0.05, 0) is 78.5 Å². The standard InChI is InChI=1S/C46H31BO3/c1-4-14-30(15-5-1)39-28-34-26-24-32-18-10-12-22-37(32)41(34)45-43(39)44-40(31-16-6-2-7-17-31)29-35-27-25-33-19-11-13-23-38(33)42(35)46(44)50-47(49-45)48-36-20-8-3-9-21-36/h1-29,43,45H/t43?,45-/m0/s1. The van der Waals surface area contributed by atoms with Crippen LogP contribution in [0, 0.1) is 0 Å². The van der Waals surface area contributed by atoms with Crippen LogP contribution in [-0.2, 0) is 4.65 Å². The van der Waals surface area contributed by atoms with E-state index in [9.17, 15) is 0 Å². The van der Waals surface area contributed by atoms with Gasteiger partial charge in [0.1, 0.15) is 11.5 Å². The molecule has 0 aromatic heterocycles. The third kappa shape index (κ3) is 4.72. The zero-order valence-corrected chi connectivity index (χ0v) is 27.2. The van der Waals surface area contributed by atoms with Crippen molar-refractivity contribution in [3.05, 3.63) is 192 Å². The van der Waals surface area contributed by atoms with Gasteiger partial charge in [0.05, 0.1) is 6.10 Å². The molecule has 0 amide bonds. The lowest BCUT2D eigenvalue weighted by atomic mass is 9.71. The lowest BCUT2D eigenvalue weighted by Crippen LogP contribution is -2.35. The summed E-state index contributed by atoms with van der Waals surface area (Å²) in [5.41, 5.74) is 7.95. The number of hydrogen-bond acceptors (Lipinski definition) is 3. The number of benzene rings is 8. The van der Waals surface area contributed by atoms with E-state index in [0.717, 1.165) is 66.1 Å². The van der Waals surface area contributed by atoms with E-state index in [1.807, 2.05) is 30.3 Å². The third-order valence-electron chi connectivity index (χ3n) is 10.2. The lowest BCUT2D eigenvalue weighted by Gasteiger charge is -2.36. The molecule has 236 valence electrons. The minimum atomic E-state index is -1.03. The molecule has 2 atom stereocenters. The van der Waals surface area contributed by atoms with E-state index in [0.29, 0.717) is 5.75 Å². The van der Waals surface area contributed by atoms with Gasteiger partial charge < -0.3 is 14.0 Å². The van der Waals surface area contributed by atoms with E-state index in [1.54, 1.807) is 0 Å². The van der Waals surface area contributed by atoms with Gasteiger partial charge in [0.2, 0.25) is 0 Å². The summed E-state index contributed by atoms with van der Waals surface area (Å²) in [6.45, 7) is 0. The van der Waals surface area contributed by atoms with Crippen LogP contribution in [0.4, 0.5) is 0 Å². The van der Waals surface area contributed by atoms with E-state index in [-0.39, 0.29) is 5.92 Å². The lowest BCUT2D eigenvalue weighted by molar-refractivity contribution is 0.132. The summed E-state index contributed by atoms with van der Waals surface area (Å²) in [5, 5.41) is 6.77. The predicted octanol–water partition coefficient (Wildman–Crippen LogP) is 11.7. The molecule has 10 rings (SSSR count). The molecule has 2 aliphatic rings. The molecule has 3 nitrogen and oxygen atoms in total. The molecule has 8 aromatic rings. The Morgan fingerprint density at radius 2 is 1.12 bits per heavy atom. The first-order valence-electron chi connectivity index (χ1n) is 17.2. The molecule has 1 aliphatic heterocycles. The maximum atomic E-state index is 7.25. The first-order valence-corrected chi connectivity index (χ1v) is 17.2. The summed E-state index contributed by atoms with van der Waals surface area (Å²) in [7, 11) is -1.03. The molecule has 50 heavy (non-hydrogen) atoms. The number of rotatable bonds is 4. The van der Waals surface area contributed by atoms with E-state index in [4.69, 9.17) is 14.0 Å². The third-order valence-corrected chi connectivity index (χ3v) is 10.2. The van der Waals surface area contributed by atoms with Crippen LogP contribution in [0.15, 0.2) is 170 Å². The van der Waals surface area contributed by atoms with Crippen LogP contribution in [0.2, 0.25) is 0 Å². The van der Waals surface area contributed by atoms with Gasteiger partial charge in [-0.2, -0.15) is 0 Å². The van der Waals surface area contributed by atoms with Gasteiger partial charge in [-0.25, -0.2) is 0 Å². The zero-order chi connectivity index (χ0) is 33.0. The molecule has 0 saturated heterocycles. The Morgan fingerprint density at radius 1 is 0.520 bits per heavy atom. The van der Waals surface area contributed by atoms with Crippen molar-refractivity contribution >= 4 is 51.3 Å². The van der Waals surface area contributed by atoms with Crippen LogP contribution in [0.5, 0.6) is 11.5 Å². The fourth-order valence-electron chi connectivity index (χ4n) is 8.04. The van der Waals surface area contributed by atoms with Crippen molar-refractivity contribution in [3.63, 3.8) is 0 Å². The molecule has 1 aliphatic carbocycles. The summed E-state index contributed by atoms with van der Waals surface area (Å²) in [6, 6.07) is 59.5. The Hall–Kier alpha value is -6.10. The molecule has 0 saturated carbocycles. The topological polar surface area (TPSA) is 27.7 Å². The number of hydrogen-bond donors (Lipinski definition) is 0. The maximum Gasteiger partial charge on any atom is 0.788 e. The molecule has 0 radical (unpaired) electrons. The van der Waals surface area contributed by atoms with Crippen LogP contribution in [0.1, 0.15) is 34.3 Å². The molecule has 4 heteroatoms. The molecule has 1 unspecified atom stereocenters. The maximum absolute atomic E-state index is 7.25. The van der Waals surface area contributed by atoms with Crippen molar-refractivity contribution in [1.82, 2.24) is 0 Å². The highest BCUT2D eigenvalue weighted by Gasteiger charge is 2.47. The summed E-state index contributed by atoms with van der Waals surface area (Å²) in [4.78, 5) is 0. The smallest absolute Gasteiger partial charge is 0.501 e. The second-order valence-corrected chi connectivity index (χ2v) is 13.0. The highest BCUT2D eigenvalue weighted by molar-refractivity contribution is 6.39. The molecule has 1 heterocycles. The van der Waals surface area contributed by atoms with Gasteiger partial charge in [-0.15, -0.1) is 0 Å². The van der Waals surface area contributed by atoms with Crippen LogP contribution in [0.25, 0.3) is 55.1 Å². The minimum Gasteiger partial charge on any atom is -0.501 e. The van der Waals surface area contributed by atoms with Crippen molar-refractivity contribution < 1.29 is 14.0 Å². The second kappa shape index (κ2) is 11.8. The molecular formula is C46H31BO3. The van der Waals surface area contributed by atoms with Gasteiger partial charge >= 0.3 is 7.32 Å². The molecule has 0 bridgehead atoms. The van der Waals surface area contributed by atoms with Crippen LogP contribution in [0.3, 0.4) is 0 Å². The monoisotopic (exact) mass is 642 g/mol. The molecule has 0 fully saturated rings. The predicted molar refractivity (Wildman–Crippen MR) is 205 cm³/mol. The van der Waals surface area contributed by atoms with Crippen LogP contribution >= 0.6 is 0 Å². The zero-order valence-electron chi connectivity index (χ0n) is 27.2.